The van der Waals surface area contributed by atoms with E-state index in [2.05, 4.69) is 20.5 Å². The van der Waals surface area contributed by atoms with Crippen molar-refractivity contribution in [3.05, 3.63) is 70.4 Å². The third-order valence-electron chi connectivity index (χ3n) is 6.13. The Labute approximate surface area is 197 Å². The third kappa shape index (κ3) is 4.19. The summed E-state index contributed by atoms with van der Waals surface area (Å²) in [4.78, 5) is 20.5. The van der Waals surface area contributed by atoms with E-state index >= 15 is 0 Å². The van der Waals surface area contributed by atoms with Gasteiger partial charge in [-0.25, -0.2) is 0 Å². The Morgan fingerprint density at radius 3 is 2.76 bits per heavy atom. The molecule has 4 aromatic rings. The number of likely N-dealkylation sites (N-methyl/N-ethyl adjacent to an activating group) is 1. The number of aryl methyl sites for hydroxylation is 1. The van der Waals surface area contributed by atoms with Crippen LogP contribution < -0.4 is 5.32 Å². The molecule has 176 valence electrons. The lowest BCUT2D eigenvalue weighted by Gasteiger charge is -2.23. The molecule has 0 spiro atoms. The first-order chi connectivity index (χ1) is 16.2. The highest BCUT2D eigenvalue weighted by molar-refractivity contribution is 7.20. The number of nitrogens with zero attached hydrogens (tertiary/aromatic N) is 3. The fraction of sp³-hybridized carbons (Fsp3) is 0.292. The number of fused-ring (bicyclic) bond motifs is 1. The van der Waals surface area contributed by atoms with Crippen LogP contribution in [0.25, 0.3) is 21.5 Å². The number of amides is 1. The van der Waals surface area contributed by atoms with E-state index in [0.717, 1.165) is 33.2 Å². The minimum atomic E-state index is -4.45. The standard InChI is InChI=1S/C24H22F3N5OS/c1-13-9-14(7-8-28-13)21-16-10-20(34-23(16)31-30-21)22(33)29-19-12-32(2)11-17(19)15-5-3-4-6-18(15)24(25,26)27/h3-10,17,19H,11-12H2,1-2H3,(H,29,33)(H,30,31)/t17-,19+/m1/s1. The van der Waals surface area contributed by atoms with Gasteiger partial charge < -0.3 is 10.2 Å². The van der Waals surface area contributed by atoms with Crippen LogP contribution in [0.3, 0.4) is 0 Å². The summed E-state index contributed by atoms with van der Waals surface area (Å²) in [6.07, 6.45) is -2.74. The predicted octanol–water partition coefficient (Wildman–Crippen LogP) is 4.84. The number of carbonyl (C=O) groups excluding carboxylic acids is 1. The van der Waals surface area contributed by atoms with Gasteiger partial charge in [-0.1, -0.05) is 18.2 Å². The normalized spacial score (nSPS) is 19.1. The van der Waals surface area contributed by atoms with E-state index in [1.807, 2.05) is 31.0 Å². The van der Waals surface area contributed by atoms with Gasteiger partial charge in [0.25, 0.3) is 5.91 Å². The van der Waals surface area contributed by atoms with Crippen LogP contribution >= 0.6 is 11.3 Å². The Bertz CT molecular complexity index is 1360. The highest BCUT2D eigenvalue weighted by Gasteiger charge is 2.40. The SMILES string of the molecule is Cc1cc(-c2n[nH]c3sc(C(=O)N[C@H]4CN(C)C[C@@H]4c4ccccc4C(F)(F)F)cc23)ccn1. The van der Waals surface area contributed by atoms with Gasteiger partial charge in [0.15, 0.2) is 0 Å². The van der Waals surface area contributed by atoms with Gasteiger partial charge >= 0.3 is 6.18 Å². The first-order valence-corrected chi connectivity index (χ1v) is 11.6. The number of halogens is 3. The second kappa shape index (κ2) is 8.52. The van der Waals surface area contributed by atoms with Crippen LogP contribution in [0, 0.1) is 6.92 Å². The molecule has 3 aromatic heterocycles. The number of hydrogen-bond acceptors (Lipinski definition) is 5. The molecule has 5 rings (SSSR count). The van der Waals surface area contributed by atoms with Crippen molar-refractivity contribution in [1.82, 2.24) is 25.4 Å². The molecule has 10 heteroatoms. The Morgan fingerprint density at radius 2 is 2.00 bits per heavy atom. The molecule has 1 aliphatic rings. The van der Waals surface area contributed by atoms with Crippen LogP contribution in [-0.2, 0) is 6.18 Å². The van der Waals surface area contributed by atoms with Gasteiger partial charge in [0.1, 0.15) is 10.5 Å². The molecule has 0 radical (unpaired) electrons. The van der Waals surface area contributed by atoms with Crippen molar-refractivity contribution in [1.29, 1.82) is 0 Å². The van der Waals surface area contributed by atoms with Crippen LogP contribution in [-0.4, -0.2) is 52.2 Å². The summed E-state index contributed by atoms with van der Waals surface area (Å²) < 4.78 is 40.9. The summed E-state index contributed by atoms with van der Waals surface area (Å²) >= 11 is 1.27. The molecule has 1 aliphatic heterocycles. The number of nitrogens with one attached hydrogen (secondary N) is 2. The Hall–Kier alpha value is -3.24. The molecule has 1 aromatic carbocycles. The molecule has 1 amide bonds. The largest absolute Gasteiger partial charge is 0.416 e. The van der Waals surface area contributed by atoms with E-state index in [-0.39, 0.29) is 11.5 Å². The number of alkyl halides is 3. The molecule has 0 bridgehead atoms. The molecular weight excluding hydrogens is 463 g/mol. The lowest BCUT2D eigenvalue weighted by molar-refractivity contribution is -0.138. The van der Waals surface area contributed by atoms with Crippen LogP contribution in [0.1, 0.15) is 32.4 Å². The minimum Gasteiger partial charge on any atom is -0.347 e. The second-order valence-electron chi connectivity index (χ2n) is 8.60. The summed E-state index contributed by atoms with van der Waals surface area (Å²) in [5, 5.41) is 11.2. The van der Waals surface area contributed by atoms with Crippen LogP contribution in [0.15, 0.2) is 48.7 Å². The van der Waals surface area contributed by atoms with Crippen molar-refractivity contribution >= 4 is 27.5 Å². The number of aromatic amines is 1. The number of thiophene rings is 1. The lowest BCUT2D eigenvalue weighted by Crippen LogP contribution is -2.39. The maximum absolute atomic E-state index is 13.6. The smallest absolute Gasteiger partial charge is 0.347 e. The number of aromatic nitrogens is 3. The first kappa shape index (κ1) is 22.5. The zero-order valence-electron chi connectivity index (χ0n) is 18.5. The van der Waals surface area contributed by atoms with Gasteiger partial charge in [-0.05, 0) is 43.8 Å². The molecule has 0 saturated carbocycles. The maximum Gasteiger partial charge on any atom is 0.416 e. The fourth-order valence-electron chi connectivity index (χ4n) is 4.62. The van der Waals surface area contributed by atoms with Crippen molar-refractivity contribution in [2.24, 2.45) is 0 Å². The number of hydrogen-bond donors (Lipinski definition) is 2. The molecule has 2 N–H and O–H groups in total. The van der Waals surface area contributed by atoms with Gasteiger partial charge in [0, 0.05) is 47.9 Å². The highest BCUT2D eigenvalue weighted by atomic mass is 32.1. The van der Waals surface area contributed by atoms with Crippen molar-refractivity contribution < 1.29 is 18.0 Å². The molecule has 0 unspecified atom stereocenters. The highest BCUT2D eigenvalue weighted by Crippen LogP contribution is 2.38. The van der Waals surface area contributed by atoms with Gasteiger partial charge in [-0.3, -0.25) is 14.9 Å². The van der Waals surface area contributed by atoms with Crippen molar-refractivity contribution in [3.63, 3.8) is 0 Å². The second-order valence-corrected chi connectivity index (χ2v) is 9.66. The minimum absolute atomic E-state index is 0.211. The Morgan fingerprint density at radius 1 is 1.21 bits per heavy atom. The number of carbonyl (C=O) groups is 1. The number of likely N-dealkylation sites (tertiary alicyclic amines) is 1. The van der Waals surface area contributed by atoms with Gasteiger partial charge in [-0.2, -0.15) is 18.3 Å². The fourth-order valence-corrected chi connectivity index (χ4v) is 5.53. The maximum atomic E-state index is 13.6. The topological polar surface area (TPSA) is 73.9 Å². The molecule has 34 heavy (non-hydrogen) atoms. The van der Waals surface area contributed by atoms with Crippen molar-refractivity contribution in [2.75, 3.05) is 20.1 Å². The van der Waals surface area contributed by atoms with Crippen LogP contribution in [0.5, 0.6) is 0 Å². The van der Waals surface area contributed by atoms with E-state index in [1.54, 1.807) is 18.3 Å². The zero-order valence-corrected chi connectivity index (χ0v) is 19.3. The summed E-state index contributed by atoms with van der Waals surface area (Å²) in [5.74, 6) is -0.769. The average Bonchev–Trinajstić information content (AvgIpc) is 3.47. The van der Waals surface area contributed by atoms with E-state index in [1.165, 1.54) is 23.5 Å². The molecular formula is C24H22F3N5OS. The quantitative estimate of drug-likeness (QED) is 0.434. The summed E-state index contributed by atoms with van der Waals surface area (Å²) in [6.45, 7) is 2.79. The molecule has 0 aliphatic carbocycles. The van der Waals surface area contributed by atoms with Crippen LogP contribution in [0.4, 0.5) is 13.2 Å². The van der Waals surface area contributed by atoms with Gasteiger partial charge in [-0.15, -0.1) is 11.3 Å². The number of rotatable bonds is 4. The van der Waals surface area contributed by atoms with Gasteiger partial charge in [0.2, 0.25) is 0 Å². The van der Waals surface area contributed by atoms with Gasteiger partial charge in [0.05, 0.1) is 10.4 Å². The molecule has 1 fully saturated rings. The summed E-state index contributed by atoms with van der Waals surface area (Å²) in [6, 6.07) is 10.7. The third-order valence-corrected chi connectivity index (χ3v) is 7.17. The number of benzene rings is 1. The molecule has 4 heterocycles. The predicted molar refractivity (Wildman–Crippen MR) is 125 cm³/mol. The Kier molecular flexibility index (Phi) is 5.65. The average molecular weight is 486 g/mol. The summed E-state index contributed by atoms with van der Waals surface area (Å²) in [5.41, 5.74) is 2.04. The summed E-state index contributed by atoms with van der Waals surface area (Å²) in [7, 11) is 1.85. The van der Waals surface area contributed by atoms with Crippen molar-refractivity contribution in [2.45, 2.75) is 25.1 Å². The van der Waals surface area contributed by atoms with Crippen LogP contribution in [0.2, 0.25) is 0 Å². The Balaban J connectivity index is 1.42. The van der Waals surface area contributed by atoms with Crippen molar-refractivity contribution in [3.8, 4) is 11.3 Å². The van der Waals surface area contributed by atoms with E-state index in [0.29, 0.717) is 18.0 Å². The lowest BCUT2D eigenvalue weighted by atomic mass is 9.90. The number of H-pyrrole nitrogens is 1. The molecule has 6 nitrogen and oxygen atoms in total. The first-order valence-electron chi connectivity index (χ1n) is 10.8. The molecule has 1 saturated heterocycles. The monoisotopic (exact) mass is 485 g/mol. The number of pyridine rings is 1. The van der Waals surface area contributed by atoms with E-state index < -0.39 is 23.7 Å². The van der Waals surface area contributed by atoms with E-state index in [4.69, 9.17) is 0 Å². The van der Waals surface area contributed by atoms with E-state index in [9.17, 15) is 18.0 Å². The molecule has 2 atom stereocenters. The zero-order chi connectivity index (χ0) is 24.0.